The van der Waals surface area contributed by atoms with Crippen LogP contribution in [0.15, 0.2) is 0 Å². The number of aldehydes is 1. The monoisotopic (exact) mass is 186 g/mol. The van der Waals surface area contributed by atoms with Crippen LogP contribution in [0.4, 0.5) is 0 Å². The van der Waals surface area contributed by atoms with E-state index in [1.165, 1.54) is 0 Å². The quantitative estimate of drug-likeness (QED) is 0.471. The Hall–Kier alpha value is -0.860. The molecular formula is C10H18O3. The summed E-state index contributed by atoms with van der Waals surface area (Å²) >= 11 is 0. The predicted octanol–water partition coefficient (Wildman–Crippen LogP) is 2.09. The van der Waals surface area contributed by atoms with Crippen molar-refractivity contribution in [3.8, 4) is 0 Å². The van der Waals surface area contributed by atoms with Crippen molar-refractivity contribution in [2.45, 2.75) is 52.1 Å². The normalized spacial score (nSPS) is 14.7. The summed E-state index contributed by atoms with van der Waals surface area (Å²) in [7, 11) is 0. The fourth-order valence-corrected chi connectivity index (χ4v) is 1.15. The minimum absolute atomic E-state index is 0.287. The van der Waals surface area contributed by atoms with Crippen molar-refractivity contribution in [3.05, 3.63) is 0 Å². The second-order valence-corrected chi connectivity index (χ2v) is 3.40. The van der Waals surface area contributed by atoms with Crippen LogP contribution in [0.5, 0.6) is 0 Å². The van der Waals surface area contributed by atoms with Gasteiger partial charge in [0.15, 0.2) is 11.9 Å². The van der Waals surface area contributed by atoms with Crippen molar-refractivity contribution < 1.29 is 14.3 Å². The van der Waals surface area contributed by atoms with E-state index in [9.17, 15) is 9.59 Å². The molecule has 0 aromatic rings. The molecule has 0 fully saturated rings. The molecule has 0 bridgehead atoms. The molecule has 76 valence electrons. The van der Waals surface area contributed by atoms with E-state index in [-0.39, 0.29) is 5.97 Å². The summed E-state index contributed by atoms with van der Waals surface area (Å²) in [5.74, 6) is -0.287. The second kappa shape index (κ2) is 5.73. The molecular weight excluding hydrogens is 168 g/mol. The van der Waals surface area contributed by atoms with Gasteiger partial charge in [-0.2, -0.15) is 0 Å². The van der Waals surface area contributed by atoms with E-state index >= 15 is 0 Å². The molecule has 0 aromatic carbocycles. The third-order valence-corrected chi connectivity index (χ3v) is 1.80. The fraction of sp³-hybridized carbons (Fsp3) is 0.800. The molecule has 3 heteroatoms. The number of esters is 1. The van der Waals surface area contributed by atoms with Crippen LogP contribution in [0, 0.1) is 0 Å². The third kappa shape index (κ3) is 4.65. The molecule has 0 aliphatic carbocycles. The first-order valence-corrected chi connectivity index (χ1v) is 4.76. The average Bonchev–Trinajstić information content (AvgIpc) is 2.05. The average molecular weight is 186 g/mol. The van der Waals surface area contributed by atoms with Gasteiger partial charge in [0, 0.05) is 6.42 Å². The number of hydrogen-bond donors (Lipinski definition) is 0. The van der Waals surface area contributed by atoms with Crippen LogP contribution >= 0.6 is 0 Å². The molecule has 0 rings (SSSR count). The van der Waals surface area contributed by atoms with Crippen molar-refractivity contribution in [2.75, 3.05) is 0 Å². The van der Waals surface area contributed by atoms with Gasteiger partial charge in [0.05, 0.1) is 0 Å². The molecule has 0 spiro atoms. The molecule has 0 aliphatic rings. The molecule has 1 atom stereocenters. The molecule has 0 N–H and O–H groups in total. The van der Waals surface area contributed by atoms with Crippen LogP contribution in [0.3, 0.4) is 0 Å². The minimum Gasteiger partial charge on any atom is -0.452 e. The highest BCUT2D eigenvalue weighted by Gasteiger charge is 2.26. The Morgan fingerprint density at radius 3 is 2.38 bits per heavy atom. The SMILES string of the molecule is CCCC(=O)OC(C)(C=O)CCC. The molecule has 0 aromatic heterocycles. The van der Waals surface area contributed by atoms with Crippen molar-refractivity contribution in [2.24, 2.45) is 0 Å². The Kier molecular flexibility index (Phi) is 5.35. The van der Waals surface area contributed by atoms with Crippen LogP contribution in [-0.2, 0) is 14.3 Å². The zero-order chi connectivity index (χ0) is 10.3. The molecule has 0 radical (unpaired) electrons. The summed E-state index contributed by atoms with van der Waals surface area (Å²) in [6.45, 7) is 5.51. The lowest BCUT2D eigenvalue weighted by Gasteiger charge is -2.22. The van der Waals surface area contributed by atoms with Gasteiger partial charge in [-0.25, -0.2) is 0 Å². The Morgan fingerprint density at radius 1 is 1.38 bits per heavy atom. The van der Waals surface area contributed by atoms with E-state index in [1.54, 1.807) is 6.92 Å². The fourth-order valence-electron chi connectivity index (χ4n) is 1.15. The maximum atomic E-state index is 11.1. The summed E-state index contributed by atoms with van der Waals surface area (Å²) in [6, 6.07) is 0. The first kappa shape index (κ1) is 12.1. The zero-order valence-corrected chi connectivity index (χ0v) is 8.63. The Morgan fingerprint density at radius 2 is 2.00 bits per heavy atom. The molecule has 0 heterocycles. The van der Waals surface area contributed by atoms with Gasteiger partial charge in [-0.3, -0.25) is 9.59 Å². The topological polar surface area (TPSA) is 43.4 Å². The number of ether oxygens (including phenoxy) is 1. The number of hydrogen-bond acceptors (Lipinski definition) is 3. The summed E-state index contributed by atoms with van der Waals surface area (Å²) in [5.41, 5.74) is -0.916. The summed E-state index contributed by atoms with van der Waals surface area (Å²) in [4.78, 5) is 21.8. The number of carbonyl (C=O) groups excluding carboxylic acids is 2. The van der Waals surface area contributed by atoms with Gasteiger partial charge in [-0.05, 0) is 19.8 Å². The zero-order valence-electron chi connectivity index (χ0n) is 8.63. The van der Waals surface area contributed by atoms with Crippen molar-refractivity contribution in [1.29, 1.82) is 0 Å². The van der Waals surface area contributed by atoms with Crippen LogP contribution < -0.4 is 0 Å². The van der Waals surface area contributed by atoms with Gasteiger partial charge in [0.2, 0.25) is 0 Å². The molecule has 0 aliphatic heterocycles. The maximum Gasteiger partial charge on any atom is 0.306 e. The van der Waals surface area contributed by atoms with Gasteiger partial charge < -0.3 is 4.74 Å². The van der Waals surface area contributed by atoms with Crippen molar-refractivity contribution >= 4 is 12.3 Å². The molecule has 0 amide bonds. The van der Waals surface area contributed by atoms with Gasteiger partial charge in [-0.1, -0.05) is 20.3 Å². The maximum absolute atomic E-state index is 11.1. The Balaban J connectivity index is 4.09. The number of rotatable bonds is 6. The highest BCUT2D eigenvalue weighted by molar-refractivity contribution is 5.74. The molecule has 3 nitrogen and oxygen atoms in total. The summed E-state index contributed by atoms with van der Waals surface area (Å²) < 4.78 is 5.06. The van der Waals surface area contributed by atoms with Gasteiger partial charge >= 0.3 is 5.97 Å². The van der Waals surface area contributed by atoms with E-state index < -0.39 is 5.60 Å². The van der Waals surface area contributed by atoms with E-state index in [0.717, 1.165) is 12.8 Å². The largest absolute Gasteiger partial charge is 0.452 e. The van der Waals surface area contributed by atoms with E-state index in [2.05, 4.69) is 0 Å². The Bertz CT molecular complexity index is 177. The second-order valence-electron chi connectivity index (χ2n) is 3.40. The smallest absolute Gasteiger partial charge is 0.306 e. The van der Waals surface area contributed by atoms with E-state index in [0.29, 0.717) is 19.1 Å². The van der Waals surface area contributed by atoms with E-state index in [4.69, 9.17) is 4.74 Å². The molecule has 0 saturated heterocycles. The third-order valence-electron chi connectivity index (χ3n) is 1.80. The lowest BCUT2D eigenvalue weighted by atomic mass is 10.0. The first-order valence-electron chi connectivity index (χ1n) is 4.76. The first-order chi connectivity index (χ1) is 6.08. The predicted molar refractivity (Wildman–Crippen MR) is 50.4 cm³/mol. The number of carbonyl (C=O) groups is 2. The lowest BCUT2D eigenvalue weighted by Crippen LogP contribution is -2.33. The van der Waals surface area contributed by atoms with Gasteiger partial charge in [-0.15, -0.1) is 0 Å². The van der Waals surface area contributed by atoms with E-state index in [1.807, 2.05) is 13.8 Å². The van der Waals surface area contributed by atoms with Gasteiger partial charge in [0.25, 0.3) is 0 Å². The highest BCUT2D eigenvalue weighted by atomic mass is 16.6. The van der Waals surface area contributed by atoms with Crippen LogP contribution in [0.25, 0.3) is 0 Å². The van der Waals surface area contributed by atoms with Crippen LogP contribution in [-0.4, -0.2) is 17.9 Å². The minimum atomic E-state index is -0.916. The lowest BCUT2D eigenvalue weighted by molar-refractivity contribution is -0.161. The Labute approximate surface area is 79.5 Å². The van der Waals surface area contributed by atoms with Crippen LogP contribution in [0.2, 0.25) is 0 Å². The molecule has 13 heavy (non-hydrogen) atoms. The summed E-state index contributed by atoms with van der Waals surface area (Å²) in [5, 5.41) is 0. The van der Waals surface area contributed by atoms with Crippen molar-refractivity contribution in [1.82, 2.24) is 0 Å². The summed E-state index contributed by atoms with van der Waals surface area (Å²) in [6.07, 6.45) is 3.26. The molecule has 0 saturated carbocycles. The van der Waals surface area contributed by atoms with Crippen LogP contribution in [0.1, 0.15) is 46.5 Å². The standard InChI is InChI=1S/C10H18O3/c1-4-6-9(12)13-10(3,8-11)7-5-2/h8H,4-7H2,1-3H3. The molecule has 1 unspecified atom stereocenters. The van der Waals surface area contributed by atoms with Crippen molar-refractivity contribution in [3.63, 3.8) is 0 Å². The highest BCUT2D eigenvalue weighted by Crippen LogP contribution is 2.15. The van der Waals surface area contributed by atoms with Gasteiger partial charge in [0.1, 0.15) is 0 Å².